The highest BCUT2D eigenvalue weighted by atomic mass is 35.5. The van der Waals surface area contributed by atoms with E-state index in [4.69, 9.17) is 37.4 Å². The van der Waals surface area contributed by atoms with Crippen molar-refractivity contribution in [1.29, 1.82) is 0 Å². The van der Waals surface area contributed by atoms with Gasteiger partial charge in [-0.1, -0.05) is 35.4 Å². The van der Waals surface area contributed by atoms with Crippen LogP contribution >= 0.6 is 23.2 Å². The summed E-state index contributed by atoms with van der Waals surface area (Å²) in [7, 11) is 1.63. The van der Waals surface area contributed by atoms with E-state index in [9.17, 15) is 0 Å². The molecule has 6 heteroatoms. The van der Waals surface area contributed by atoms with Crippen molar-refractivity contribution in [2.45, 2.75) is 31.5 Å². The van der Waals surface area contributed by atoms with Crippen LogP contribution < -0.4 is 14.2 Å². The molecule has 1 aliphatic heterocycles. The van der Waals surface area contributed by atoms with Crippen LogP contribution in [0.15, 0.2) is 24.5 Å². The van der Waals surface area contributed by atoms with Crippen molar-refractivity contribution in [3.8, 4) is 17.2 Å². The van der Waals surface area contributed by atoms with Gasteiger partial charge in [0.15, 0.2) is 11.5 Å². The molecule has 2 aromatic rings. The third kappa shape index (κ3) is 2.94. The van der Waals surface area contributed by atoms with Gasteiger partial charge in [-0.15, -0.1) is 0 Å². The second-order valence-corrected chi connectivity index (χ2v) is 7.00. The van der Waals surface area contributed by atoms with E-state index in [0.717, 1.165) is 36.8 Å². The standard InChI is InChI=1S/C19H17Cl2NO3/c1-23-16-7-5-12(4-6-13-14(20)10-22-11-15(13)21)17-18(16)25-19(24-17)8-2-3-9-19/h4-7,10-11H,2-3,8-9H2,1H3. The predicted molar refractivity (Wildman–Crippen MR) is 98.6 cm³/mol. The molecule has 130 valence electrons. The minimum Gasteiger partial charge on any atom is -0.493 e. The van der Waals surface area contributed by atoms with Crippen LogP contribution in [-0.4, -0.2) is 17.9 Å². The van der Waals surface area contributed by atoms with Gasteiger partial charge in [0.05, 0.1) is 17.2 Å². The highest BCUT2D eigenvalue weighted by Crippen LogP contribution is 2.52. The Bertz CT molecular complexity index is 825. The number of rotatable bonds is 3. The van der Waals surface area contributed by atoms with Crippen LogP contribution in [0.5, 0.6) is 17.2 Å². The fourth-order valence-corrected chi connectivity index (χ4v) is 3.81. The third-order valence-corrected chi connectivity index (χ3v) is 5.19. The minimum atomic E-state index is -0.550. The van der Waals surface area contributed by atoms with Gasteiger partial charge in [-0.05, 0) is 25.0 Å². The first kappa shape index (κ1) is 16.6. The van der Waals surface area contributed by atoms with Gasteiger partial charge in [0.25, 0.3) is 5.79 Å². The minimum absolute atomic E-state index is 0.498. The fraction of sp³-hybridized carbons (Fsp3) is 0.316. The molecule has 0 unspecified atom stereocenters. The molecule has 1 aromatic carbocycles. The van der Waals surface area contributed by atoms with Gasteiger partial charge in [-0.3, -0.25) is 4.98 Å². The number of fused-ring (bicyclic) bond motifs is 1. The average Bonchev–Trinajstić information content (AvgIpc) is 3.21. The first-order chi connectivity index (χ1) is 12.1. The van der Waals surface area contributed by atoms with Crippen LogP contribution in [0.2, 0.25) is 10.0 Å². The van der Waals surface area contributed by atoms with Crippen LogP contribution in [0, 0.1) is 0 Å². The van der Waals surface area contributed by atoms with Crippen LogP contribution in [0.3, 0.4) is 0 Å². The second kappa shape index (κ2) is 6.43. The first-order valence-corrected chi connectivity index (χ1v) is 8.93. The highest BCUT2D eigenvalue weighted by Gasteiger charge is 2.46. The molecule has 0 N–H and O–H groups in total. The Balaban J connectivity index is 1.73. The zero-order valence-corrected chi connectivity index (χ0v) is 15.2. The summed E-state index contributed by atoms with van der Waals surface area (Å²) in [5, 5.41) is 0.997. The van der Waals surface area contributed by atoms with Crippen molar-refractivity contribution in [2.75, 3.05) is 7.11 Å². The summed E-state index contributed by atoms with van der Waals surface area (Å²) in [6.45, 7) is 0. The normalized spacial score (nSPS) is 17.6. The maximum absolute atomic E-state index is 6.25. The number of hydrogen-bond acceptors (Lipinski definition) is 4. The number of benzene rings is 1. The first-order valence-electron chi connectivity index (χ1n) is 8.18. The molecular weight excluding hydrogens is 361 g/mol. The molecule has 25 heavy (non-hydrogen) atoms. The molecule has 0 radical (unpaired) electrons. The van der Waals surface area contributed by atoms with Crippen molar-refractivity contribution in [3.63, 3.8) is 0 Å². The Morgan fingerprint density at radius 2 is 1.72 bits per heavy atom. The fourth-order valence-electron chi connectivity index (χ4n) is 3.32. The van der Waals surface area contributed by atoms with E-state index in [2.05, 4.69) is 4.98 Å². The van der Waals surface area contributed by atoms with Crippen LogP contribution in [0.25, 0.3) is 12.2 Å². The summed E-state index contributed by atoms with van der Waals surface area (Å²) in [5.41, 5.74) is 1.61. The zero-order chi connectivity index (χ0) is 17.4. The van der Waals surface area contributed by atoms with Crippen molar-refractivity contribution >= 4 is 35.4 Å². The summed E-state index contributed by atoms with van der Waals surface area (Å²) in [6.07, 6.45) is 10.9. The van der Waals surface area contributed by atoms with Gasteiger partial charge in [-0.2, -0.15) is 0 Å². The van der Waals surface area contributed by atoms with Crippen LogP contribution in [0.1, 0.15) is 36.8 Å². The monoisotopic (exact) mass is 377 g/mol. The molecule has 0 saturated heterocycles. The van der Waals surface area contributed by atoms with E-state index in [1.807, 2.05) is 24.3 Å². The molecule has 2 aliphatic rings. The molecule has 4 rings (SSSR count). The van der Waals surface area contributed by atoms with Crippen molar-refractivity contribution < 1.29 is 14.2 Å². The molecular formula is C19H17Cl2NO3. The predicted octanol–water partition coefficient (Wildman–Crippen LogP) is 5.61. The molecule has 4 nitrogen and oxygen atoms in total. The number of ether oxygens (including phenoxy) is 3. The highest BCUT2D eigenvalue weighted by molar-refractivity contribution is 6.37. The van der Waals surface area contributed by atoms with Gasteiger partial charge in [-0.25, -0.2) is 0 Å². The molecule has 1 saturated carbocycles. The number of aromatic nitrogens is 1. The molecule has 2 heterocycles. The van der Waals surface area contributed by atoms with E-state index in [0.29, 0.717) is 27.3 Å². The van der Waals surface area contributed by atoms with Gasteiger partial charge < -0.3 is 14.2 Å². The molecule has 1 aliphatic carbocycles. The summed E-state index contributed by atoms with van der Waals surface area (Å²) in [4.78, 5) is 3.97. The molecule has 0 atom stereocenters. The number of hydrogen-bond donors (Lipinski definition) is 0. The van der Waals surface area contributed by atoms with Crippen molar-refractivity contribution in [2.24, 2.45) is 0 Å². The molecule has 1 spiro atoms. The van der Waals surface area contributed by atoms with Gasteiger partial charge >= 0.3 is 0 Å². The molecule has 0 amide bonds. The van der Waals surface area contributed by atoms with E-state index in [-0.39, 0.29) is 0 Å². The number of pyridine rings is 1. The SMILES string of the molecule is COc1ccc(C=Cc2c(Cl)cncc2Cl)c2c1OC1(CCCC1)O2. The van der Waals surface area contributed by atoms with Crippen LogP contribution in [-0.2, 0) is 0 Å². The maximum atomic E-state index is 6.25. The smallest absolute Gasteiger partial charge is 0.251 e. The number of nitrogens with zero attached hydrogens (tertiary/aromatic N) is 1. The summed E-state index contributed by atoms with van der Waals surface area (Å²) < 4.78 is 17.9. The van der Waals surface area contributed by atoms with Crippen LogP contribution in [0.4, 0.5) is 0 Å². The largest absolute Gasteiger partial charge is 0.493 e. The summed E-state index contributed by atoms with van der Waals surface area (Å²) in [6, 6.07) is 3.82. The molecule has 1 fully saturated rings. The molecule has 1 aromatic heterocycles. The average molecular weight is 378 g/mol. The van der Waals surface area contributed by atoms with Crippen molar-refractivity contribution in [1.82, 2.24) is 4.98 Å². The van der Waals surface area contributed by atoms with Gasteiger partial charge in [0, 0.05) is 36.4 Å². The Hall–Kier alpha value is -1.91. The van der Waals surface area contributed by atoms with E-state index in [1.54, 1.807) is 19.5 Å². The maximum Gasteiger partial charge on any atom is 0.251 e. The quantitative estimate of drug-likeness (QED) is 0.696. The number of methoxy groups -OCH3 is 1. The van der Waals surface area contributed by atoms with Gasteiger partial charge in [0.1, 0.15) is 0 Å². The number of halogens is 2. The zero-order valence-electron chi connectivity index (χ0n) is 13.7. The van der Waals surface area contributed by atoms with Crippen molar-refractivity contribution in [3.05, 3.63) is 45.7 Å². The van der Waals surface area contributed by atoms with E-state index >= 15 is 0 Å². The van der Waals surface area contributed by atoms with E-state index < -0.39 is 5.79 Å². The Kier molecular flexibility index (Phi) is 4.26. The lowest BCUT2D eigenvalue weighted by Crippen LogP contribution is -2.34. The Morgan fingerprint density at radius 1 is 1.04 bits per heavy atom. The van der Waals surface area contributed by atoms with Gasteiger partial charge in [0.2, 0.25) is 5.75 Å². The summed E-state index contributed by atoms with van der Waals surface area (Å²) >= 11 is 12.4. The topological polar surface area (TPSA) is 40.6 Å². The third-order valence-electron chi connectivity index (χ3n) is 4.59. The molecule has 0 bridgehead atoms. The summed E-state index contributed by atoms with van der Waals surface area (Å²) in [5.74, 6) is 1.50. The Morgan fingerprint density at radius 3 is 2.40 bits per heavy atom. The lowest BCUT2D eigenvalue weighted by atomic mass is 10.1. The van der Waals surface area contributed by atoms with E-state index in [1.165, 1.54) is 0 Å². The lowest BCUT2D eigenvalue weighted by molar-refractivity contribution is -0.0723. The lowest BCUT2D eigenvalue weighted by Gasteiger charge is -2.21. The second-order valence-electron chi connectivity index (χ2n) is 6.19. The Labute approximate surface area is 156 Å².